The average molecular weight is 785 g/mol. The number of carbonyl (C=O) groups excluding carboxylic acids is 4. The van der Waals surface area contributed by atoms with Crippen LogP contribution in [0.25, 0.3) is 44.4 Å². The second-order valence-electron chi connectivity index (χ2n) is 14.7. The molecule has 2 fully saturated rings. The van der Waals surface area contributed by atoms with E-state index in [0.29, 0.717) is 18.8 Å². The third-order valence-electron chi connectivity index (χ3n) is 11.1. The quantitative estimate of drug-likeness (QED) is 0.0880. The van der Waals surface area contributed by atoms with Crippen LogP contribution in [0.15, 0.2) is 98.4 Å². The summed E-state index contributed by atoms with van der Waals surface area (Å²) in [4.78, 5) is 70.1. The first kappa shape index (κ1) is 39.5. The molecule has 4 N–H and O–H groups in total. The average Bonchev–Trinajstić information content (AvgIpc) is 4.09. The lowest BCUT2D eigenvalue weighted by Crippen LogP contribution is -2.51. The Kier molecular flexibility index (Phi) is 11.7. The zero-order valence-electron chi connectivity index (χ0n) is 32.9. The molecule has 58 heavy (non-hydrogen) atoms. The van der Waals surface area contributed by atoms with Crippen LogP contribution in [0.3, 0.4) is 0 Å². The number of aromatic nitrogens is 4. The van der Waals surface area contributed by atoms with E-state index in [2.05, 4.69) is 92.0 Å². The molecular weight excluding hydrogens is 737 g/mol. The summed E-state index contributed by atoms with van der Waals surface area (Å²) in [5.74, 6) is 1.18. The third kappa shape index (κ3) is 8.22. The Balaban J connectivity index is 1.03. The van der Waals surface area contributed by atoms with Gasteiger partial charge in [-0.3, -0.25) is 9.59 Å². The summed E-state index contributed by atoms with van der Waals surface area (Å²) in [6, 6.07) is 19.1. The first-order valence-electron chi connectivity index (χ1n) is 19.4. The predicted molar refractivity (Wildman–Crippen MR) is 220 cm³/mol. The van der Waals surface area contributed by atoms with Gasteiger partial charge in [-0.1, -0.05) is 60.7 Å². The topological polar surface area (TPSA) is 175 Å². The number of nitrogens with zero attached hydrogens (tertiary/aromatic N) is 4. The van der Waals surface area contributed by atoms with Gasteiger partial charge in [0.05, 0.1) is 50.6 Å². The summed E-state index contributed by atoms with van der Waals surface area (Å²) in [7, 11) is 2.52. The van der Waals surface area contributed by atoms with Gasteiger partial charge in [0.25, 0.3) is 0 Å². The number of nitrogens with one attached hydrogen (secondary N) is 4. The highest BCUT2D eigenvalue weighted by atomic mass is 16.5. The molecule has 1 saturated carbocycles. The van der Waals surface area contributed by atoms with Gasteiger partial charge in [-0.05, 0) is 78.1 Å². The normalized spacial score (nSPS) is 18.0. The van der Waals surface area contributed by atoms with Gasteiger partial charge < -0.3 is 39.9 Å². The fourth-order valence-electron chi connectivity index (χ4n) is 8.15. The van der Waals surface area contributed by atoms with Gasteiger partial charge in [0.1, 0.15) is 23.7 Å². The van der Waals surface area contributed by atoms with E-state index in [1.807, 2.05) is 23.2 Å². The van der Waals surface area contributed by atoms with E-state index in [-0.39, 0.29) is 36.4 Å². The number of likely N-dealkylation sites (tertiary alicyclic amines) is 1. The van der Waals surface area contributed by atoms with Crippen molar-refractivity contribution in [3.05, 3.63) is 110 Å². The minimum absolute atomic E-state index is 0.0868. The Morgan fingerprint density at radius 2 is 1.50 bits per heavy atom. The number of fused-ring (bicyclic) bond motifs is 3. The first-order chi connectivity index (χ1) is 28.1. The van der Waals surface area contributed by atoms with Crippen LogP contribution < -0.4 is 10.6 Å². The fourth-order valence-corrected chi connectivity index (χ4v) is 8.15. The highest BCUT2D eigenvalue weighted by Gasteiger charge is 2.51. The van der Waals surface area contributed by atoms with E-state index in [1.165, 1.54) is 20.3 Å². The number of H-pyrrole nitrogens is 2. The van der Waals surface area contributed by atoms with Crippen LogP contribution in [0.1, 0.15) is 50.3 Å². The number of hydrogen-bond acceptors (Lipinski definition) is 8. The predicted octanol–water partition coefficient (Wildman–Crippen LogP) is 6.90. The summed E-state index contributed by atoms with van der Waals surface area (Å²) in [5, 5.41) is 7.29. The molecule has 2 aliphatic rings. The van der Waals surface area contributed by atoms with Crippen LogP contribution in [-0.2, 0) is 25.6 Å². The number of hydrogen-bond donors (Lipinski definition) is 4. The standard InChI is InChI=1S/C44H48N8O6/c1-6-8-19-51(41(53)26(3)47-43(55)57-4)25-38-45-23-36(48-38)28-11-9-27(10-12-28)29-13-14-31-21-32(16-15-30(31)20-29)37-24-46-40(49-37)39-33-17-18-34(22-33)52(39)42(54)35(7-2)50-44(56)58-5/h6-7,9-16,20-21,23-24,26,33-35,39H,1-2,8,17-19,22,25H2,3-5H3,(H,45,48)(H,46,49)(H,47,55)(H,50,56)/t26-,33-,34+,35-,39-/m0/s1. The van der Waals surface area contributed by atoms with Crippen LogP contribution >= 0.6 is 0 Å². The SMILES string of the molecule is C=CCCN(Cc1ncc(-c2ccc(-c3ccc4cc(-c5cnc([C@@H]6[C@H]7CC[C@H](C7)N6C(=O)[C@H](C=C)NC(=O)OC)[nH]5)ccc4c3)cc2)[nH]1)C(=O)[C@H](C)NC(=O)OC. The monoisotopic (exact) mass is 784 g/mol. The summed E-state index contributed by atoms with van der Waals surface area (Å²) in [6.45, 7) is 9.83. The van der Waals surface area contributed by atoms with E-state index in [1.54, 1.807) is 24.1 Å². The lowest BCUT2D eigenvalue weighted by Gasteiger charge is -2.36. The highest BCUT2D eigenvalue weighted by molar-refractivity contribution is 5.91. The van der Waals surface area contributed by atoms with Crippen LogP contribution in [-0.4, -0.2) is 92.6 Å². The van der Waals surface area contributed by atoms with Gasteiger partial charge in [0, 0.05) is 18.2 Å². The molecule has 5 aromatic rings. The molecule has 3 heterocycles. The first-order valence-corrected chi connectivity index (χ1v) is 19.4. The summed E-state index contributed by atoms with van der Waals surface area (Å²) in [6.07, 6.45) is 8.84. The van der Waals surface area contributed by atoms with Crippen LogP contribution in [0, 0.1) is 5.92 Å². The van der Waals surface area contributed by atoms with Crippen LogP contribution in [0.5, 0.6) is 0 Å². The molecule has 4 amide bonds. The number of amides is 4. The summed E-state index contributed by atoms with van der Waals surface area (Å²) >= 11 is 0. The van der Waals surface area contributed by atoms with Gasteiger partial charge >= 0.3 is 12.2 Å². The van der Waals surface area contributed by atoms with Crippen molar-refractivity contribution in [2.45, 2.75) is 63.3 Å². The van der Waals surface area contributed by atoms with Crippen LogP contribution in [0.2, 0.25) is 0 Å². The Morgan fingerprint density at radius 1 is 0.862 bits per heavy atom. The van der Waals surface area contributed by atoms with Gasteiger partial charge in [-0.25, -0.2) is 19.6 Å². The molecule has 2 bridgehead atoms. The molecule has 300 valence electrons. The number of rotatable bonds is 14. The second kappa shape index (κ2) is 17.2. The van der Waals surface area contributed by atoms with Crippen molar-refractivity contribution in [2.75, 3.05) is 20.8 Å². The minimum atomic E-state index is -0.889. The van der Waals surface area contributed by atoms with Crippen molar-refractivity contribution in [1.29, 1.82) is 0 Å². The third-order valence-corrected chi connectivity index (χ3v) is 11.1. The van der Waals surface area contributed by atoms with Crippen molar-refractivity contribution >= 4 is 34.8 Å². The Hall–Kier alpha value is -6.70. The largest absolute Gasteiger partial charge is 0.453 e. The lowest BCUT2D eigenvalue weighted by atomic mass is 9.97. The molecule has 1 aliphatic carbocycles. The number of carbonyl (C=O) groups is 4. The summed E-state index contributed by atoms with van der Waals surface area (Å²) in [5.41, 5.74) is 5.76. The zero-order valence-corrected chi connectivity index (χ0v) is 32.9. The molecule has 14 heteroatoms. The van der Waals surface area contributed by atoms with Gasteiger partial charge in [-0.2, -0.15) is 0 Å². The molecule has 3 aromatic carbocycles. The molecular formula is C44H48N8O6. The maximum Gasteiger partial charge on any atom is 0.407 e. The molecule has 0 spiro atoms. The van der Waals surface area contributed by atoms with E-state index in [9.17, 15) is 19.2 Å². The molecule has 1 saturated heterocycles. The molecule has 1 aliphatic heterocycles. The lowest BCUT2D eigenvalue weighted by molar-refractivity contribution is -0.137. The van der Waals surface area contributed by atoms with E-state index in [0.717, 1.165) is 69.5 Å². The minimum Gasteiger partial charge on any atom is -0.453 e. The maximum atomic E-state index is 13.7. The zero-order chi connectivity index (χ0) is 40.9. The molecule has 7 rings (SSSR count). The number of imidazole rings is 2. The Labute approximate surface area is 336 Å². The smallest absolute Gasteiger partial charge is 0.407 e. The molecule has 2 aromatic heterocycles. The molecule has 0 radical (unpaired) electrons. The number of ether oxygens (including phenoxy) is 2. The van der Waals surface area contributed by atoms with Crippen molar-refractivity contribution < 1.29 is 28.7 Å². The van der Waals surface area contributed by atoms with E-state index >= 15 is 0 Å². The summed E-state index contributed by atoms with van der Waals surface area (Å²) < 4.78 is 9.37. The number of alkyl carbamates (subject to hydrolysis) is 2. The van der Waals surface area contributed by atoms with Crippen molar-refractivity contribution in [3.8, 4) is 33.6 Å². The fraction of sp³-hybridized carbons (Fsp3) is 0.318. The number of benzene rings is 3. The van der Waals surface area contributed by atoms with Gasteiger partial charge in [0.2, 0.25) is 11.8 Å². The number of methoxy groups -OCH3 is 2. The van der Waals surface area contributed by atoms with Crippen molar-refractivity contribution in [3.63, 3.8) is 0 Å². The number of aromatic amines is 2. The highest BCUT2D eigenvalue weighted by Crippen LogP contribution is 2.50. The van der Waals surface area contributed by atoms with E-state index < -0.39 is 24.3 Å². The molecule has 14 nitrogen and oxygen atoms in total. The Morgan fingerprint density at radius 3 is 2.21 bits per heavy atom. The Bertz CT molecular complexity index is 2330. The van der Waals surface area contributed by atoms with E-state index in [4.69, 9.17) is 9.72 Å². The molecule has 0 unspecified atom stereocenters. The van der Waals surface area contributed by atoms with Crippen molar-refractivity contribution in [2.24, 2.45) is 5.92 Å². The van der Waals surface area contributed by atoms with Gasteiger partial charge in [-0.15, -0.1) is 13.2 Å². The van der Waals surface area contributed by atoms with Gasteiger partial charge in [0.15, 0.2) is 0 Å². The van der Waals surface area contributed by atoms with Crippen LogP contribution in [0.4, 0.5) is 9.59 Å². The number of piperidine rings is 1. The molecule has 5 atom stereocenters. The van der Waals surface area contributed by atoms with Crippen molar-refractivity contribution in [1.82, 2.24) is 40.4 Å². The maximum absolute atomic E-state index is 13.7. The second-order valence-corrected chi connectivity index (χ2v) is 14.7.